The van der Waals surface area contributed by atoms with E-state index in [1.807, 2.05) is 24.3 Å². The minimum absolute atomic E-state index is 0.142. The Labute approximate surface area is 226 Å². The molecule has 1 N–H and O–H groups in total. The Bertz CT molecular complexity index is 1380. The summed E-state index contributed by atoms with van der Waals surface area (Å²) in [6.45, 7) is 4.72. The van der Waals surface area contributed by atoms with Gasteiger partial charge in [0, 0.05) is 43.0 Å². The summed E-state index contributed by atoms with van der Waals surface area (Å²) in [4.78, 5) is 32.5. The van der Waals surface area contributed by atoms with Gasteiger partial charge in [-0.1, -0.05) is 0 Å². The molecule has 1 aliphatic heterocycles. The van der Waals surface area contributed by atoms with Crippen LogP contribution in [0.15, 0.2) is 36.5 Å². The lowest BCUT2D eigenvalue weighted by Crippen LogP contribution is -2.77. The fraction of sp³-hybridized carbons (Fsp3) is 0.500. The van der Waals surface area contributed by atoms with Crippen LogP contribution < -0.4 is 14.8 Å². The van der Waals surface area contributed by atoms with Crippen LogP contribution in [0.25, 0.3) is 16.9 Å². The summed E-state index contributed by atoms with van der Waals surface area (Å²) in [7, 11) is 3.17. The van der Waals surface area contributed by atoms with E-state index in [2.05, 4.69) is 20.3 Å². The van der Waals surface area contributed by atoms with Crippen molar-refractivity contribution in [3.8, 4) is 22.8 Å². The highest BCUT2D eigenvalue weighted by Gasteiger charge is 2.73. The molecule has 3 aliphatic carbocycles. The van der Waals surface area contributed by atoms with Crippen LogP contribution in [0.2, 0.25) is 0 Å². The molecule has 11 nitrogen and oxygen atoms in total. The Balaban J connectivity index is 1.05. The van der Waals surface area contributed by atoms with E-state index in [0.717, 1.165) is 50.5 Å². The molecule has 1 saturated heterocycles. The zero-order valence-corrected chi connectivity index (χ0v) is 22.3. The van der Waals surface area contributed by atoms with Crippen molar-refractivity contribution < 1.29 is 28.5 Å². The molecule has 4 fully saturated rings. The predicted molar refractivity (Wildman–Crippen MR) is 141 cm³/mol. The number of methoxy groups -OCH3 is 2. The van der Waals surface area contributed by atoms with Gasteiger partial charge in [-0.25, -0.2) is 9.50 Å². The molecule has 4 aliphatic rings. The Morgan fingerprint density at radius 1 is 1.05 bits per heavy atom. The fourth-order valence-electron chi connectivity index (χ4n) is 6.09. The predicted octanol–water partition coefficient (Wildman–Crippen LogP) is 2.33. The maximum absolute atomic E-state index is 13.1. The molecular formula is C28H33N5O6. The highest BCUT2D eigenvalue weighted by Crippen LogP contribution is 2.67. The number of nitrogens with zero attached hydrogens (tertiary/aromatic N) is 4. The fourth-order valence-corrected chi connectivity index (χ4v) is 6.09. The molecule has 206 valence electrons. The van der Waals surface area contributed by atoms with Gasteiger partial charge in [0.05, 0.1) is 45.1 Å². The highest BCUT2D eigenvalue weighted by atomic mass is 16.5. The molecule has 1 amide bonds. The quantitative estimate of drug-likeness (QED) is 0.308. The Morgan fingerprint density at radius 3 is 2.56 bits per heavy atom. The number of hydrogen-bond acceptors (Lipinski definition) is 9. The molecule has 3 heterocycles. The minimum atomic E-state index is -0.451. The topological polar surface area (TPSA) is 117 Å². The normalized spacial score (nSPS) is 23.9. The van der Waals surface area contributed by atoms with Crippen LogP contribution >= 0.6 is 0 Å². The van der Waals surface area contributed by atoms with Gasteiger partial charge in [-0.3, -0.25) is 14.5 Å². The lowest BCUT2D eigenvalue weighted by atomic mass is 9.39. The minimum Gasteiger partial charge on any atom is -0.493 e. The van der Waals surface area contributed by atoms with Crippen LogP contribution in [-0.2, 0) is 14.3 Å². The lowest BCUT2D eigenvalue weighted by Gasteiger charge is -2.68. The van der Waals surface area contributed by atoms with Gasteiger partial charge in [-0.15, -0.1) is 0 Å². The highest BCUT2D eigenvalue weighted by molar-refractivity contribution is 5.95. The van der Waals surface area contributed by atoms with Gasteiger partial charge < -0.3 is 24.3 Å². The van der Waals surface area contributed by atoms with Crippen LogP contribution in [0.5, 0.6) is 11.5 Å². The van der Waals surface area contributed by atoms with E-state index in [1.165, 1.54) is 0 Å². The number of morpholine rings is 1. The van der Waals surface area contributed by atoms with E-state index in [-0.39, 0.29) is 23.1 Å². The molecule has 39 heavy (non-hydrogen) atoms. The third-order valence-electron chi connectivity index (χ3n) is 8.07. The number of ether oxygens (including phenoxy) is 4. The molecule has 2 bridgehead atoms. The summed E-state index contributed by atoms with van der Waals surface area (Å²) in [6, 6.07) is 9.09. The van der Waals surface area contributed by atoms with Gasteiger partial charge in [-0.2, -0.15) is 5.10 Å². The van der Waals surface area contributed by atoms with Crippen LogP contribution in [0, 0.1) is 5.41 Å². The van der Waals surface area contributed by atoms with E-state index >= 15 is 0 Å². The van der Waals surface area contributed by atoms with Crippen molar-refractivity contribution in [1.82, 2.24) is 24.8 Å². The zero-order valence-electron chi connectivity index (χ0n) is 22.3. The van der Waals surface area contributed by atoms with Gasteiger partial charge in [0.25, 0.3) is 5.91 Å². The van der Waals surface area contributed by atoms with Crippen LogP contribution in [0.3, 0.4) is 0 Å². The van der Waals surface area contributed by atoms with Crippen molar-refractivity contribution >= 4 is 17.5 Å². The second kappa shape index (κ2) is 10.1. The molecule has 3 saturated carbocycles. The van der Waals surface area contributed by atoms with Gasteiger partial charge in [0.2, 0.25) is 0 Å². The van der Waals surface area contributed by atoms with E-state index in [4.69, 9.17) is 18.9 Å². The van der Waals surface area contributed by atoms with Gasteiger partial charge in [0.15, 0.2) is 22.8 Å². The molecule has 0 unspecified atom stereocenters. The molecule has 0 atom stereocenters. The monoisotopic (exact) mass is 535 g/mol. The summed E-state index contributed by atoms with van der Waals surface area (Å²) >= 11 is 0. The van der Waals surface area contributed by atoms with Gasteiger partial charge in [0.1, 0.15) is 0 Å². The van der Waals surface area contributed by atoms with Crippen molar-refractivity contribution in [2.45, 2.75) is 31.2 Å². The number of rotatable bonds is 10. The Hall–Kier alpha value is -3.70. The first-order valence-corrected chi connectivity index (χ1v) is 13.3. The number of carbonyl (C=O) groups is 2. The number of carbonyl (C=O) groups excluding carboxylic acids is 2. The van der Waals surface area contributed by atoms with E-state index < -0.39 is 5.41 Å². The summed E-state index contributed by atoms with van der Waals surface area (Å²) in [5.41, 5.74) is 1.63. The average molecular weight is 536 g/mol. The first-order valence-electron chi connectivity index (χ1n) is 13.3. The van der Waals surface area contributed by atoms with Crippen molar-refractivity contribution in [3.05, 3.63) is 42.2 Å². The number of esters is 1. The summed E-state index contributed by atoms with van der Waals surface area (Å²) in [5.74, 6) is 0.807. The molecule has 0 spiro atoms. The molecule has 0 radical (unpaired) electrons. The molecule has 7 rings (SSSR count). The van der Waals surface area contributed by atoms with Crippen molar-refractivity contribution in [3.63, 3.8) is 0 Å². The maximum atomic E-state index is 13.1. The van der Waals surface area contributed by atoms with E-state index in [1.54, 1.807) is 31.0 Å². The van der Waals surface area contributed by atoms with Gasteiger partial charge >= 0.3 is 5.97 Å². The van der Waals surface area contributed by atoms with Crippen molar-refractivity contribution in [1.29, 1.82) is 0 Å². The first kappa shape index (κ1) is 25.6. The smallest absolute Gasteiger partial charge is 0.312 e. The number of aromatic nitrogens is 3. The number of hydrogen-bond donors (Lipinski definition) is 1. The van der Waals surface area contributed by atoms with Crippen molar-refractivity contribution in [2.24, 2.45) is 5.41 Å². The number of benzene rings is 1. The first-order chi connectivity index (χ1) is 18.9. The third kappa shape index (κ3) is 4.70. The second-order valence-electron chi connectivity index (χ2n) is 10.7. The number of nitrogens with one attached hydrogen (secondary N) is 1. The van der Waals surface area contributed by atoms with Gasteiger partial charge in [-0.05, 0) is 49.9 Å². The lowest BCUT2D eigenvalue weighted by molar-refractivity contribution is -0.202. The zero-order chi connectivity index (χ0) is 27.0. The summed E-state index contributed by atoms with van der Waals surface area (Å²) < 4.78 is 23.4. The molecule has 1 aromatic carbocycles. The Morgan fingerprint density at radius 2 is 1.82 bits per heavy atom. The molecule has 3 aromatic rings. The average Bonchev–Trinajstić information content (AvgIpc) is 3.37. The standard InChI is InChI=1S/C28H33N5O6/c1-36-22-5-4-19(14-23(22)37-2)21-6-7-29-24-15-20(31-33(21)24)25(34)30-28-16-27(17-28,18-28)26(35)39-11-3-8-32-9-12-38-13-10-32/h4-7,14-15H,3,8-13,16-18H2,1-2H3,(H,30,34). The summed E-state index contributed by atoms with van der Waals surface area (Å²) in [5, 5.41) is 7.67. The SMILES string of the molecule is COc1ccc(-c2ccnc3cc(C(=O)NC45CC(C(=O)OCCCN6CCOCC6)(C4)C5)nn23)cc1OC. The van der Waals surface area contributed by atoms with Crippen molar-refractivity contribution in [2.75, 3.05) is 53.7 Å². The second-order valence-corrected chi connectivity index (χ2v) is 10.7. The van der Waals surface area contributed by atoms with Crippen LogP contribution in [-0.4, -0.2) is 90.6 Å². The largest absolute Gasteiger partial charge is 0.493 e. The maximum Gasteiger partial charge on any atom is 0.312 e. The number of fused-ring (bicyclic) bond motifs is 1. The van der Waals surface area contributed by atoms with Crippen LogP contribution in [0.4, 0.5) is 0 Å². The number of amides is 1. The molecule has 2 aromatic heterocycles. The Kier molecular flexibility index (Phi) is 6.64. The molecular weight excluding hydrogens is 502 g/mol. The molecule has 11 heteroatoms. The van der Waals surface area contributed by atoms with E-state index in [9.17, 15) is 9.59 Å². The van der Waals surface area contributed by atoms with E-state index in [0.29, 0.717) is 43.0 Å². The van der Waals surface area contributed by atoms with Crippen LogP contribution in [0.1, 0.15) is 36.2 Å². The third-order valence-corrected chi connectivity index (χ3v) is 8.07. The summed E-state index contributed by atoms with van der Waals surface area (Å²) in [6.07, 6.45) is 4.32.